The van der Waals surface area contributed by atoms with Crippen molar-refractivity contribution in [3.63, 3.8) is 0 Å². The van der Waals surface area contributed by atoms with Gasteiger partial charge in [0.25, 0.3) is 5.56 Å². The molecule has 2 nitrogen and oxygen atoms in total. The minimum absolute atomic E-state index is 1.12. The Kier molecular flexibility index (Phi) is 0.910. The van der Waals surface area contributed by atoms with Crippen molar-refractivity contribution in [2.45, 2.75) is 13.0 Å². The summed E-state index contributed by atoms with van der Waals surface area (Å²) in [5, 5.41) is 0. The monoisotopic (exact) mass is 182 g/mol. The maximum Gasteiger partial charge on any atom is 0.431 e. The lowest BCUT2D eigenvalue weighted by Crippen LogP contribution is -2.17. The first-order valence-corrected chi connectivity index (χ1v) is 2.77. The number of rotatable bonds is 0. The highest BCUT2D eigenvalue weighted by Gasteiger charge is 2.31. The Bertz CT molecular complexity index is 504. The maximum atomic E-state index is 12.3. The zero-order valence-electron chi connectivity index (χ0n) is 10.5. The van der Waals surface area contributed by atoms with E-state index in [1.165, 1.54) is 4.98 Å². The van der Waals surface area contributed by atoms with Crippen LogP contribution in [0.3, 0.4) is 0 Å². The number of hydrogen-bond donors (Lipinski definition) is 1. The van der Waals surface area contributed by atoms with Gasteiger partial charge in [-0.25, -0.2) is 0 Å². The van der Waals surface area contributed by atoms with Crippen LogP contribution < -0.4 is 5.56 Å². The number of nitrogens with one attached hydrogen (secondary N) is 1. The molecule has 0 spiro atoms. The summed E-state index contributed by atoms with van der Waals surface area (Å²) in [5.74, 6) is 0. The lowest BCUT2D eigenvalue weighted by Gasteiger charge is -2.05. The van der Waals surface area contributed by atoms with Gasteiger partial charge in [0, 0.05) is 9.68 Å². The zero-order valence-corrected chi connectivity index (χ0v) is 5.54. The Hall–Kier alpha value is -1.26. The van der Waals surface area contributed by atoms with Crippen molar-refractivity contribution in [3.05, 3.63) is 33.7 Å². The molecule has 0 saturated heterocycles. The number of halogens is 3. The molecule has 0 saturated carbocycles. The van der Waals surface area contributed by atoms with Crippen LogP contribution in [-0.2, 0) is 6.18 Å². The topological polar surface area (TPSA) is 32.9 Å². The molecule has 12 heavy (non-hydrogen) atoms. The quantitative estimate of drug-likeness (QED) is 0.650. The highest BCUT2D eigenvalue weighted by atomic mass is 19.4. The molecule has 0 aliphatic heterocycles. The predicted octanol–water partition coefficient (Wildman–Crippen LogP) is 1.70. The molecule has 1 rings (SSSR count). The summed E-state index contributed by atoms with van der Waals surface area (Å²) < 4.78 is 71.9. The van der Waals surface area contributed by atoms with E-state index in [1.807, 2.05) is 0 Å². The van der Waals surface area contributed by atoms with Crippen molar-refractivity contribution < 1.29 is 20.0 Å². The zero-order chi connectivity index (χ0) is 13.6. The summed E-state index contributed by atoms with van der Waals surface area (Å²) in [6, 6.07) is -2.59. The van der Waals surface area contributed by atoms with E-state index in [2.05, 4.69) is 0 Å². The van der Waals surface area contributed by atoms with Crippen LogP contribution in [0, 0.1) is 6.85 Å². The number of aromatic nitrogens is 1. The van der Waals surface area contributed by atoms with Gasteiger partial charge >= 0.3 is 6.18 Å². The number of alkyl halides is 3. The van der Waals surface area contributed by atoms with Gasteiger partial charge in [0.2, 0.25) is 0 Å². The second kappa shape index (κ2) is 2.66. The fourth-order valence-electron chi connectivity index (χ4n) is 0.531. The largest absolute Gasteiger partial charge is 0.431 e. The molecular formula is C7H6F3NO. The molecule has 0 fully saturated rings. The molecule has 0 amide bonds. The maximum absolute atomic E-state index is 12.3. The molecule has 66 valence electrons. The Morgan fingerprint density at radius 3 is 2.75 bits per heavy atom. The van der Waals surface area contributed by atoms with E-state index in [0.717, 1.165) is 0 Å². The molecule has 1 aromatic rings. The van der Waals surface area contributed by atoms with E-state index in [1.54, 1.807) is 0 Å². The third-order valence-corrected chi connectivity index (χ3v) is 1.06. The van der Waals surface area contributed by atoms with Gasteiger partial charge in [0.05, 0.1) is 2.74 Å². The van der Waals surface area contributed by atoms with E-state index in [-0.39, 0.29) is 0 Å². The van der Waals surface area contributed by atoms with Gasteiger partial charge < -0.3 is 4.98 Å². The summed E-state index contributed by atoms with van der Waals surface area (Å²) >= 11 is 0. The third-order valence-electron chi connectivity index (χ3n) is 1.06. The van der Waals surface area contributed by atoms with Gasteiger partial charge in [-0.2, -0.15) is 13.2 Å². The molecule has 0 aliphatic carbocycles. The van der Waals surface area contributed by atoms with Gasteiger partial charge in [-0.1, -0.05) is 6.04 Å². The molecule has 1 heterocycles. The summed E-state index contributed by atoms with van der Waals surface area (Å²) in [6.45, 7) is -3.04. The predicted molar refractivity (Wildman–Crippen MR) is 36.8 cm³/mol. The second-order valence-corrected chi connectivity index (χ2v) is 1.95. The van der Waals surface area contributed by atoms with Crippen LogP contribution in [0.5, 0.6) is 0 Å². The standard InChI is InChI=1S/C7H6F3NO/c1-4-2-3-5(7(8,9)10)11-6(4)12/h2-3H,1H3,(H,11,12)/i1D3,2D,3D. The molecule has 0 bridgehead atoms. The van der Waals surface area contributed by atoms with Crippen molar-refractivity contribution in [2.24, 2.45) is 0 Å². The van der Waals surface area contributed by atoms with Crippen LogP contribution >= 0.6 is 0 Å². The summed E-state index contributed by atoms with van der Waals surface area (Å²) in [5.41, 5.74) is -4.37. The smallest absolute Gasteiger partial charge is 0.318 e. The Morgan fingerprint density at radius 1 is 1.58 bits per heavy atom. The summed E-state index contributed by atoms with van der Waals surface area (Å²) in [7, 11) is 0. The number of hydrogen-bond acceptors (Lipinski definition) is 1. The van der Waals surface area contributed by atoms with Crippen molar-refractivity contribution in [3.8, 4) is 0 Å². The molecular weight excluding hydrogens is 171 g/mol. The van der Waals surface area contributed by atoms with E-state index < -0.39 is 41.9 Å². The van der Waals surface area contributed by atoms with Gasteiger partial charge in [-0.3, -0.25) is 4.79 Å². The molecule has 0 aliphatic rings. The van der Waals surface area contributed by atoms with Crippen LogP contribution in [0.4, 0.5) is 13.2 Å². The molecule has 0 radical (unpaired) electrons. The van der Waals surface area contributed by atoms with Gasteiger partial charge in [-0.15, -0.1) is 0 Å². The Balaban J connectivity index is 3.66. The summed E-state index contributed by atoms with van der Waals surface area (Å²) in [6.07, 6.45) is -5.01. The fraction of sp³-hybridized carbons (Fsp3) is 0.286. The van der Waals surface area contributed by atoms with Gasteiger partial charge in [0.1, 0.15) is 5.69 Å². The SMILES string of the molecule is [2H]c1c(C(F)(F)F)[nH]c(=O)c(C([2H])([2H])[2H])c1[2H]. The molecule has 5 heteroatoms. The van der Waals surface area contributed by atoms with Crippen LogP contribution in [0.1, 0.15) is 18.1 Å². The van der Waals surface area contributed by atoms with E-state index >= 15 is 0 Å². The third kappa shape index (κ3) is 1.66. The van der Waals surface area contributed by atoms with Crippen LogP contribution in [0.2, 0.25) is 0 Å². The van der Waals surface area contributed by atoms with E-state index in [4.69, 9.17) is 6.85 Å². The van der Waals surface area contributed by atoms with Crippen molar-refractivity contribution in [1.82, 2.24) is 4.98 Å². The van der Waals surface area contributed by atoms with Crippen LogP contribution in [0.25, 0.3) is 0 Å². The van der Waals surface area contributed by atoms with Crippen molar-refractivity contribution in [1.29, 1.82) is 0 Å². The first kappa shape index (κ1) is 4.11. The molecule has 1 aromatic heterocycles. The average molecular weight is 182 g/mol. The van der Waals surface area contributed by atoms with Gasteiger partial charge in [0.15, 0.2) is 0 Å². The minimum atomic E-state index is -5.01. The van der Waals surface area contributed by atoms with Crippen LogP contribution in [-0.4, -0.2) is 4.98 Å². The fourth-order valence-corrected chi connectivity index (χ4v) is 0.531. The first-order valence-electron chi connectivity index (χ1n) is 5.27. The van der Waals surface area contributed by atoms with Crippen molar-refractivity contribution >= 4 is 0 Å². The van der Waals surface area contributed by atoms with Gasteiger partial charge in [-0.05, 0) is 12.9 Å². The number of pyridine rings is 1. The molecule has 0 unspecified atom stereocenters. The Morgan fingerprint density at radius 2 is 2.25 bits per heavy atom. The summed E-state index contributed by atoms with van der Waals surface area (Å²) in [4.78, 5) is 12.5. The lowest BCUT2D eigenvalue weighted by atomic mass is 10.2. The van der Waals surface area contributed by atoms with Crippen LogP contribution in [0.15, 0.2) is 16.9 Å². The minimum Gasteiger partial charge on any atom is -0.318 e. The molecule has 0 aromatic carbocycles. The lowest BCUT2D eigenvalue weighted by molar-refractivity contribution is -0.141. The average Bonchev–Trinajstić information content (AvgIpc) is 2.07. The molecule has 1 N–H and O–H groups in total. The first-order chi connectivity index (χ1) is 7.46. The highest BCUT2D eigenvalue weighted by molar-refractivity contribution is 5.14. The van der Waals surface area contributed by atoms with E-state index in [0.29, 0.717) is 0 Å². The van der Waals surface area contributed by atoms with E-state index in [9.17, 15) is 18.0 Å². The normalized spacial score (nSPS) is 18.8. The number of H-pyrrole nitrogens is 1. The van der Waals surface area contributed by atoms with Crippen molar-refractivity contribution in [2.75, 3.05) is 0 Å². The second-order valence-electron chi connectivity index (χ2n) is 1.95. The molecule has 0 atom stereocenters. The number of aromatic amines is 1. The highest BCUT2D eigenvalue weighted by Crippen LogP contribution is 2.26. The Labute approximate surface area is 73.1 Å².